The molecule has 1 aromatic rings. The number of amides is 6. The van der Waals surface area contributed by atoms with Crippen molar-refractivity contribution in [2.24, 2.45) is 23.3 Å². The minimum absolute atomic E-state index is 0.00146. The van der Waals surface area contributed by atoms with Gasteiger partial charge in [-0.1, -0.05) is 39.8 Å². The first-order chi connectivity index (χ1) is 23.3. The maximum absolute atomic E-state index is 13.7. The van der Waals surface area contributed by atoms with Crippen molar-refractivity contribution in [3.8, 4) is 5.75 Å². The van der Waals surface area contributed by atoms with Crippen molar-refractivity contribution in [1.82, 2.24) is 26.2 Å². The quantitative estimate of drug-likeness (QED) is 0.0777. The molecule has 0 radical (unpaired) electrons. The number of carbonyl (C=O) groups is 7. The van der Waals surface area contributed by atoms with Crippen LogP contribution in [-0.4, -0.2) is 111 Å². The van der Waals surface area contributed by atoms with Crippen molar-refractivity contribution in [2.45, 2.75) is 109 Å². The summed E-state index contributed by atoms with van der Waals surface area (Å²) in [6, 6.07) is -1.07. The zero-order valence-corrected chi connectivity index (χ0v) is 29.0. The second kappa shape index (κ2) is 18.8. The number of phenols is 1. The van der Waals surface area contributed by atoms with E-state index in [2.05, 4.69) is 21.3 Å². The lowest BCUT2D eigenvalue weighted by atomic mass is 10.00. The third kappa shape index (κ3) is 12.6. The maximum atomic E-state index is 13.7. The highest BCUT2D eigenvalue weighted by Crippen LogP contribution is 2.19. The van der Waals surface area contributed by atoms with Gasteiger partial charge in [-0.2, -0.15) is 0 Å². The number of nitrogens with two attached hydrogens (primary N) is 2. The predicted octanol–water partition coefficient (Wildman–Crippen LogP) is -1.76. The van der Waals surface area contributed by atoms with Gasteiger partial charge in [-0.25, -0.2) is 0 Å². The van der Waals surface area contributed by atoms with Crippen molar-refractivity contribution in [1.29, 1.82) is 0 Å². The summed E-state index contributed by atoms with van der Waals surface area (Å²) in [6.45, 7) is 8.12. The molecular weight excluding hydrogens is 654 g/mol. The number of nitrogens with one attached hydrogen (secondary N) is 4. The molecule has 1 aliphatic rings. The molecule has 17 nitrogen and oxygen atoms in total. The summed E-state index contributed by atoms with van der Waals surface area (Å²) >= 11 is 0. The summed E-state index contributed by atoms with van der Waals surface area (Å²) in [5, 5.41) is 39.4. The van der Waals surface area contributed by atoms with Crippen molar-refractivity contribution >= 4 is 41.4 Å². The molecule has 0 aliphatic carbocycles. The van der Waals surface area contributed by atoms with E-state index >= 15 is 0 Å². The molecule has 1 heterocycles. The third-order valence-electron chi connectivity index (χ3n) is 8.19. The number of aliphatic hydroxyl groups is 1. The van der Waals surface area contributed by atoms with Gasteiger partial charge in [0.25, 0.3) is 0 Å². The molecule has 0 aromatic heterocycles. The Labute approximate surface area is 290 Å². The molecular formula is C33H51N7O10. The summed E-state index contributed by atoms with van der Waals surface area (Å²) in [4.78, 5) is 91.2. The van der Waals surface area contributed by atoms with E-state index in [1.165, 1.54) is 24.0 Å². The predicted molar refractivity (Wildman–Crippen MR) is 180 cm³/mol. The van der Waals surface area contributed by atoms with Crippen LogP contribution in [0.3, 0.4) is 0 Å². The van der Waals surface area contributed by atoms with Crippen molar-refractivity contribution in [2.75, 3.05) is 6.54 Å². The molecule has 7 unspecified atom stereocenters. The number of aromatic hydroxyl groups is 1. The van der Waals surface area contributed by atoms with Crippen LogP contribution in [0.15, 0.2) is 24.3 Å². The summed E-state index contributed by atoms with van der Waals surface area (Å²) in [6.07, 6.45) is -2.10. The molecule has 1 fully saturated rings. The van der Waals surface area contributed by atoms with Gasteiger partial charge in [0.15, 0.2) is 0 Å². The second-order valence-electron chi connectivity index (χ2n) is 13.4. The third-order valence-corrected chi connectivity index (χ3v) is 8.19. The number of hydrogen-bond donors (Lipinski definition) is 9. The monoisotopic (exact) mass is 705 g/mol. The Bertz CT molecular complexity index is 1390. The highest BCUT2D eigenvalue weighted by atomic mass is 16.4. The standard InChI is InChI=1S/C33H51N7O10/c1-16(2)12-23(29(35)46)37-30(47)22(10-11-26(44)45)36-32(49)27(17(3)4)38-33(50)28(18(5)41)39-31(48)24(40-15-20(34)14-25(40)43)13-19-6-8-21(42)9-7-19/h6-9,16-18,20,22-24,27-28,41-42H,10-15,34H2,1-5H3,(H2,35,46)(H,36,49)(H,37,47)(H,38,50)(H,39,48)(H,44,45). The average Bonchev–Trinajstić information content (AvgIpc) is 3.35. The first-order valence-corrected chi connectivity index (χ1v) is 16.5. The van der Waals surface area contributed by atoms with Gasteiger partial charge in [-0.15, -0.1) is 0 Å². The van der Waals surface area contributed by atoms with E-state index in [9.17, 15) is 48.9 Å². The number of likely N-dealkylation sites (tertiary alicyclic amines) is 1. The van der Waals surface area contributed by atoms with E-state index in [0.717, 1.165) is 0 Å². The van der Waals surface area contributed by atoms with Crippen molar-refractivity contribution < 1.29 is 48.9 Å². The topological polar surface area (TPSA) is 284 Å². The number of hydrogen-bond acceptors (Lipinski definition) is 10. The van der Waals surface area contributed by atoms with Crippen LogP contribution < -0.4 is 32.7 Å². The Balaban J connectivity index is 2.27. The lowest BCUT2D eigenvalue weighted by Crippen LogP contribution is -2.62. The van der Waals surface area contributed by atoms with Gasteiger partial charge in [0.2, 0.25) is 35.4 Å². The summed E-state index contributed by atoms with van der Waals surface area (Å²) < 4.78 is 0. The molecule has 6 amide bonds. The smallest absolute Gasteiger partial charge is 0.303 e. The summed E-state index contributed by atoms with van der Waals surface area (Å²) in [5.74, 6) is -6.49. The first-order valence-electron chi connectivity index (χ1n) is 16.5. The van der Waals surface area contributed by atoms with Crippen LogP contribution >= 0.6 is 0 Å². The molecule has 1 aliphatic heterocycles. The minimum Gasteiger partial charge on any atom is -0.508 e. The fourth-order valence-corrected chi connectivity index (χ4v) is 5.48. The summed E-state index contributed by atoms with van der Waals surface area (Å²) in [5.41, 5.74) is 12.0. The molecule has 0 spiro atoms. The molecule has 7 atom stereocenters. The van der Waals surface area contributed by atoms with Crippen LogP contribution in [-0.2, 0) is 40.0 Å². The lowest BCUT2D eigenvalue weighted by molar-refractivity contribution is -0.140. The number of rotatable bonds is 19. The van der Waals surface area contributed by atoms with Crippen molar-refractivity contribution in [3.63, 3.8) is 0 Å². The average molecular weight is 706 g/mol. The van der Waals surface area contributed by atoms with Crippen LogP contribution in [0.2, 0.25) is 0 Å². The number of phenolic OH excluding ortho intramolecular Hbond substituents is 1. The number of carbonyl (C=O) groups excluding carboxylic acids is 6. The normalized spacial score (nSPS) is 18.1. The highest BCUT2D eigenvalue weighted by Gasteiger charge is 2.39. The van der Waals surface area contributed by atoms with Gasteiger partial charge >= 0.3 is 5.97 Å². The van der Waals surface area contributed by atoms with Gasteiger partial charge in [0, 0.05) is 31.8 Å². The van der Waals surface area contributed by atoms with Crippen LogP contribution in [0.1, 0.15) is 65.9 Å². The lowest BCUT2D eigenvalue weighted by Gasteiger charge is -2.31. The Morgan fingerprint density at radius 2 is 1.42 bits per heavy atom. The Kier molecular flexibility index (Phi) is 15.6. The van der Waals surface area contributed by atoms with Crippen LogP contribution in [0.25, 0.3) is 0 Å². The fourth-order valence-electron chi connectivity index (χ4n) is 5.48. The van der Waals surface area contributed by atoms with E-state index in [1.807, 2.05) is 13.8 Å². The zero-order chi connectivity index (χ0) is 37.9. The van der Waals surface area contributed by atoms with Gasteiger partial charge in [0.1, 0.15) is 36.0 Å². The number of aliphatic carboxylic acids is 1. The molecule has 0 saturated carbocycles. The van der Waals surface area contributed by atoms with Crippen molar-refractivity contribution in [3.05, 3.63) is 29.8 Å². The molecule has 1 saturated heterocycles. The first kappa shape index (κ1) is 41.4. The van der Waals surface area contributed by atoms with Gasteiger partial charge < -0.3 is 53.0 Å². The minimum atomic E-state index is -1.59. The number of primary amides is 1. The molecule has 2 rings (SSSR count). The molecule has 1 aromatic carbocycles. The van der Waals surface area contributed by atoms with Crippen LogP contribution in [0.5, 0.6) is 5.75 Å². The number of benzene rings is 1. The molecule has 50 heavy (non-hydrogen) atoms. The Morgan fingerprint density at radius 3 is 1.90 bits per heavy atom. The SMILES string of the molecule is CC(C)CC(NC(=O)C(CCC(=O)O)NC(=O)C(NC(=O)C(NC(=O)C(Cc1ccc(O)cc1)N1CC(N)CC1=O)C(C)O)C(C)C)C(N)=O. The van der Waals surface area contributed by atoms with E-state index in [-0.39, 0.29) is 49.8 Å². The zero-order valence-electron chi connectivity index (χ0n) is 29.0. The van der Waals surface area contributed by atoms with E-state index < -0.39 is 90.2 Å². The molecule has 278 valence electrons. The molecule has 0 bridgehead atoms. The van der Waals surface area contributed by atoms with Crippen LogP contribution in [0.4, 0.5) is 0 Å². The summed E-state index contributed by atoms with van der Waals surface area (Å²) in [7, 11) is 0. The highest BCUT2D eigenvalue weighted by molar-refractivity contribution is 5.97. The largest absolute Gasteiger partial charge is 0.508 e. The van der Waals surface area contributed by atoms with Gasteiger partial charge in [-0.05, 0) is 49.3 Å². The molecule has 11 N–H and O–H groups in total. The van der Waals surface area contributed by atoms with Crippen LogP contribution in [0, 0.1) is 11.8 Å². The number of aliphatic hydroxyl groups excluding tert-OH is 1. The number of carboxylic acid groups (broad SMARTS) is 1. The second-order valence-corrected chi connectivity index (χ2v) is 13.4. The maximum Gasteiger partial charge on any atom is 0.303 e. The number of carboxylic acids is 1. The number of nitrogens with zero attached hydrogens (tertiary/aromatic N) is 1. The van der Waals surface area contributed by atoms with E-state index in [0.29, 0.717) is 5.56 Å². The Morgan fingerprint density at radius 1 is 0.860 bits per heavy atom. The molecule has 17 heteroatoms. The van der Waals surface area contributed by atoms with Gasteiger partial charge in [-0.3, -0.25) is 33.6 Å². The Hall–Kier alpha value is -4.77. The van der Waals surface area contributed by atoms with Gasteiger partial charge in [0.05, 0.1) is 6.10 Å². The fraction of sp³-hybridized carbons (Fsp3) is 0.606. The van der Waals surface area contributed by atoms with E-state index in [1.54, 1.807) is 26.0 Å². The van der Waals surface area contributed by atoms with E-state index in [4.69, 9.17) is 11.5 Å².